The van der Waals surface area contributed by atoms with Gasteiger partial charge in [0.05, 0.1) is 6.61 Å². The molecule has 1 atom stereocenters. The first-order valence-corrected chi connectivity index (χ1v) is 7.37. The van der Waals surface area contributed by atoms with Crippen LogP contribution >= 0.6 is 0 Å². The number of hydrogen-bond acceptors (Lipinski definition) is 3. The number of rotatable bonds is 6. The molecule has 2 fully saturated rings. The molecule has 0 aromatic heterocycles. The highest BCUT2D eigenvalue weighted by atomic mass is 16.5. The molecule has 1 heterocycles. The van der Waals surface area contributed by atoms with Crippen molar-refractivity contribution in [2.75, 3.05) is 33.4 Å². The molecule has 0 radical (unpaired) electrons. The Kier molecular flexibility index (Phi) is 5.75. The molecule has 3 nitrogen and oxygen atoms in total. The molecule has 0 bridgehead atoms. The number of nitrogens with zero attached hydrogens (tertiary/aromatic N) is 1. The summed E-state index contributed by atoms with van der Waals surface area (Å²) in [6.07, 6.45) is 9.62. The largest absolute Gasteiger partial charge is 0.380 e. The Labute approximate surface area is 106 Å². The van der Waals surface area contributed by atoms with Gasteiger partial charge in [-0.3, -0.25) is 0 Å². The summed E-state index contributed by atoms with van der Waals surface area (Å²) >= 11 is 0. The summed E-state index contributed by atoms with van der Waals surface area (Å²) in [5.74, 6) is 0. The Morgan fingerprint density at radius 1 is 1.18 bits per heavy atom. The topological polar surface area (TPSA) is 24.5 Å². The fraction of sp³-hybridized carbons (Fsp3) is 1.00. The smallest absolute Gasteiger partial charge is 0.0620 e. The van der Waals surface area contributed by atoms with E-state index >= 15 is 0 Å². The quantitative estimate of drug-likeness (QED) is 0.719. The van der Waals surface area contributed by atoms with Crippen molar-refractivity contribution >= 4 is 0 Å². The molecule has 0 aromatic rings. The van der Waals surface area contributed by atoms with Crippen molar-refractivity contribution in [1.29, 1.82) is 0 Å². The van der Waals surface area contributed by atoms with Crippen molar-refractivity contribution in [2.45, 2.75) is 57.0 Å². The van der Waals surface area contributed by atoms with Crippen molar-refractivity contribution in [2.24, 2.45) is 0 Å². The van der Waals surface area contributed by atoms with E-state index in [0.29, 0.717) is 6.04 Å². The predicted octanol–water partition coefficient (Wildman–Crippen LogP) is 2.02. The standard InChI is InChI=1S/C14H28N2O/c1-16(14-6-3-2-4-7-14)10-5-9-15-13-8-11-17-12-13/h13-15H,2-12H2,1H3. The van der Waals surface area contributed by atoms with Gasteiger partial charge in [0.15, 0.2) is 0 Å². The third-order valence-electron chi connectivity index (χ3n) is 4.25. The molecule has 2 rings (SSSR count). The number of ether oxygens (including phenoxy) is 1. The van der Waals surface area contributed by atoms with Gasteiger partial charge < -0.3 is 15.0 Å². The van der Waals surface area contributed by atoms with Crippen LogP contribution in [-0.4, -0.2) is 50.3 Å². The number of hydrogen-bond donors (Lipinski definition) is 1. The van der Waals surface area contributed by atoms with E-state index in [1.807, 2.05) is 0 Å². The Morgan fingerprint density at radius 3 is 2.71 bits per heavy atom. The number of nitrogens with one attached hydrogen (secondary N) is 1. The highest BCUT2D eigenvalue weighted by molar-refractivity contribution is 4.74. The van der Waals surface area contributed by atoms with Crippen LogP contribution in [0.1, 0.15) is 44.9 Å². The lowest BCUT2D eigenvalue weighted by Crippen LogP contribution is -2.36. The maximum absolute atomic E-state index is 5.36. The molecule has 3 heteroatoms. The highest BCUT2D eigenvalue weighted by Gasteiger charge is 2.18. The average Bonchev–Trinajstić information content (AvgIpc) is 2.88. The molecular formula is C14H28N2O. The second-order valence-electron chi connectivity index (χ2n) is 5.64. The first-order chi connectivity index (χ1) is 8.36. The summed E-state index contributed by atoms with van der Waals surface area (Å²) < 4.78 is 5.36. The molecule has 0 amide bonds. The summed E-state index contributed by atoms with van der Waals surface area (Å²) in [4.78, 5) is 2.58. The zero-order valence-electron chi connectivity index (χ0n) is 11.3. The maximum atomic E-state index is 5.36. The van der Waals surface area contributed by atoms with Gasteiger partial charge in [-0.2, -0.15) is 0 Å². The van der Waals surface area contributed by atoms with Crippen molar-refractivity contribution in [3.05, 3.63) is 0 Å². The fourth-order valence-electron chi connectivity index (χ4n) is 3.03. The van der Waals surface area contributed by atoms with E-state index in [4.69, 9.17) is 4.74 Å². The molecule has 1 saturated carbocycles. The van der Waals surface area contributed by atoms with Gasteiger partial charge >= 0.3 is 0 Å². The van der Waals surface area contributed by atoms with Gasteiger partial charge in [0.2, 0.25) is 0 Å². The molecule has 1 aliphatic carbocycles. The van der Waals surface area contributed by atoms with Gasteiger partial charge in [0.1, 0.15) is 0 Å². The summed E-state index contributed by atoms with van der Waals surface area (Å²) in [7, 11) is 2.30. The van der Waals surface area contributed by atoms with Crippen molar-refractivity contribution in [3.63, 3.8) is 0 Å². The van der Waals surface area contributed by atoms with Crippen molar-refractivity contribution in [3.8, 4) is 0 Å². The summed E-state index contributed by atoms with van der Waals surface area (Å²) in [6, 6.07) is 1.48. The van der Waals surface area contributed by atoms with Crippen LogP contribution < -0.4 is 5.32 Å². The van der Waals surface area contributed by atoms with E-state index < -0.39 is 0 Å². The van der Waals surface area contributed by atoms with Crippen molar-refractivity contribution in [1.82, 2.24) is 10.2 Å². The Morgan fingerprint density at radius 2 is 2.00 bits per heavy atom. The zero-order chi connectivity index (χ0) is 11.9. The van der Waals surface area contributed by atoms with Gasteiger partial charge in [-0.15, -0.1) is 0 Å². The van der Waals surface area contributed by atoms with E-state index in [-0.39, 0.29) is 0 Å². The van der Waals surface area contributed by atoms with E-state index in [1.165, 1.54) is 51.5 Å². The SMILES string of the molecule is CN(CCCNC1CCOC1)C1CCCCC1. The molecule has 1 unspecified atom stereocenters. The minimum atomic E-state index is 0.620. The summed E-state index contributed by atoms with van der Waals surface area (Å²) in [5, 5.41) is 3.59. The summed E-state index contributed by atoms with van der Waals surface area (Å²) in [5.41, 5.74) is 0. The van der Waals surface area contributed by atoms with Crippen LogP contribution in [0.25, 0.3) is 0 Å². The highest BCUT2D eigenvalue weighted by Crippen LogP contribution is 2.21. The molecule has 1 N–H and O–H groups in total. The first kappa shape index (κ1) is 13.3. The molecule has 100 valence electrons. The van der Waals surface area contributed by atoms with Crippen LogP contribution in [0, 0.1) is 0 Å². The Hall–Kier alpha value is -0.120. The van der Waals surface area contributed by atoms with Crippen molar-refractivity contribution < 1.29 is 4.74 Å². The maximum Gasteiger partial charge on any atom is 0.0620 e. The van der Waals surface area contributed by atoms with Gasteiger partial charge in [-0.05, 0) is 45.8 Å². The van der Waals surface area contributed by atoms with Crippen LogP contribution in [0.3, 0.4) is 0 Å². The lowest BCUT2D eigenvalue weighted by Gasteiger charge is -2.31. The minimum absolute atomic E-state index is 0.620. The average molecular weight is 240 g/mol. The normalized spacial score (nSPS) is 26.8. The molecule has 2 aliphatic rings. The monoisotopic (exact) mass is 240 g/mol. The van der Waals surface area contributed by atoms with Gasteiger partial charge in [-0.1, -0.05) is 19.3 Å². The lowest BCUT2D eigenvalue weighted by atomic mass is 9.94. The van der Waals surface area contributed by atoms with Gasteiger partial charge in [0.25, 0.3) is 0 Å². The second kappa shape index (κ2) is 7.34. The molecule has 1 aliphatic heterocycles. The molecular weight excluding hydrogens is 212 g/mol. The Balaban J connectivity index is 1.51. The lowest BCUT2D eigenvalue weighted by molar-refractivity contribution is 0.183. The third kappa shape index (κ3) is 4.57. The van der Waals surface area contributed by atoms with Gasteiger partial charge in [0, 0.05) is 18.7 Å². The molecule has 1 saturated heterocycles. The molecule has 17 heavy (non-hydrogen) atoms. The van der Waals surface area contributed by atoms with E-state index in [0.717, 1.165) is 25.8 Å². The van der Waals surface area contributed by atoms with Crippen LogP contribution in [0.4, 0.5) is 0 Å². The third-order valence-corrected chi connectivity index (χ3v) is 4.25. The fourth-order valence-corrected chi connectivity index (χ4v) is 3.03. The molecule has 0 spiro atoms. The van der Waals surface area contributed by atoms with E-state index in [9.17, 15) is 0 Å². The Bertz CT molecular complexity index is 198. The van der Waals surface area contributed by atoms with Gasteiger partial charge in [-0.25, -0.2) is 0 Å². The second-order valence-corrected chi connectivity index (χ2v) is 5.64. The van der Waals surface area contributed by atoms with E-state index in [2.05, 4.69) is 17.3 Å². The van der Waals surface area contributed by atoms with Crippen LogP contribution in [0.15, 0.2) is 0 Å². The van der Waals surface area contributed by atoms with E-state index in [1.54, 1.807) is 0 Å². The first-order valence-electron chi connectivity index (χ1n) is 7.37. The van der Waals surface area contributed by atoms with Crippen LogP contribution in [0.5, 0.6) is 0 Å². The molecule has 0 aromatic carbocycles. The predicted molar refractivity (Wildman–Crippen MR) is 71.3 cm³/mol. The van der Waals surface area contributed by atoms with Crippen LogP contribution in [0.2, 0.25) is 0 Å². The van der Waals surface area contributed by atoms with Crippen LogP contribution in [-0.2, 0) is 4.74 Å². The summed E-state index contributed by atoms with van der Waals surface area (Å²) in [6.45, 7) is 4.24. The zero-order valence-corrected chi connectivity index (χ0v) is 11.3. The minimum Gasteiger partial charge on any atom is -0.380 e.